The summed E-state index contributed by atoms with van der Waals surface area (Å²) >= 11 is 1.06. The molecule has 0 aliphatic carbocycles. The quantitative estimate of drug-likeness (QED) is 0.188. The third kappa shape index (κ3) is 6.07. The number of nitrogens with one attached hydrogen (secondary N) is 1. The second kappa shape index (κ2) is 11.4. The lowest BCUT2D eigenvalue weighted by Gasteiger charge is -2.08. The lowest BCUT2D eigenvalue weighted by Crippen LogP contribution is -2.19. The molecule has 4 rings (SSSR count). The number of rotatable bonds is 7. The average molecular weight is 550 g/mol. The zero-order chi connectivity index (χ0) is 28.3. The number of amidine groups is 1. The SMILES string of the molecule is COC(=O)Cc1ccc(N=C2NC(=O)/C(=C/c3ccc(-c4cc(C)c(C)cc4[N+](=O)[O-])o3)S2)cc1C(=O)OC. The molecular formula is C27H23N3O8S. The number of hydrogen-bond donors (Lipinski definition) is 1. The topological polar surface area (TPSA) is 150 Å². The number of nitro benzene ring substituents is 1. The Kier molecular flexibility index (Phi) is 7.96. The van der Waals surface area contributed by atoms with Gasteiger partial charge in [-0.25, -0.2) is 9.79 Å². The van der Waals surface area contributed by atoms with Gasteiger partial charge in [0.25, 0.3) is 11.6 Å². The van der Waals surface area contributed by atoms with E-state index in [-0.39, 0.29) is 22.8 Å². The number of nitrogens with zero attached hydrogens (tertiary/aromatic N) is 2. The van der Waals surface area contributed by atoms with E-state index in [1.165, 1.54) is 32.4 Å². The number of nitro groups is 1. The minimum absolute atomic E-state index is 0.0713. The zero-order valence-corrected chi connectivity index (χ0v) is 22.2. The van der Waals surface area contributed by atoms with E-state index < -0.39 is 22.8 Å². The van der Waals surface area contributed by atoms with E-state index in [1.54, 1.807) is 37.3 Å². The van der Waals surface area contributed by atoms with Gasteiger partial charge < -0.3 is 19.2 Å². The minimum Gasteiger partial charge on any atom is -0.469 e. The molecule has 1 aliphatic heterocycles. The predicted octanol–water partition coefficient (Wildman–Crippen LogP) is 4.87. The first kappa shape index (κ1) is 27.3. The fourth-order valence-corrected chi connectivity index (χ4v) is 4.59. The normalized spacial score (nSPS) is 14.9. The Hall–Kier alpha value is -4.71. The molecule has 2 heterocycles. The molecule has 1 N–H and O–H groups in total. The van der Waals surface area contributed by atoms with Crippen LogP contribution in [0, 0.1) is 24.0 Å². The second-order valence-electron chi connectivity index (χ2n) is 8.48. The van der Waals surface area contributed by atoms with Crippen molar-refractivity contribution in [3.63, 3.8) is 0 Å². The molecule has 1 fully saturated rings. The molecule has 0 unspecified atom stereocenters. The number of esters is 2. The highest BCUT2D eigenvalue weighted by Gasteiger charge is 2.26. The summed E-state index contributed by atoms with van der Waals surface area (Å²) in [7, 11) is 2.48. The third-order valence-electron chi connectivity index (χ3n) is 5.92. The van der Waals surface area contributed by atoms with Crippen LogP contribution in [0.25, 0.3) is 17.4 Å². The molecule has 0 atom stereocenters. The number of methoxy groups -OCH3 is 2. The first-order chi connectivity index (χ1) is 18.6. The van der Waals surface area contributed by atoms with Gasteiger partial charge in [-0.3, -0.25) is 19.7 Å². The minimum atomic E-state index is -0.641. The first-order valence-corrected chi connectivity index (χ1v) is 12.3. The number of thioether (sulfide) groups is 1. The number of carbonyl (C=O) groups excluding carboxylic acids is 3. The monoisotopic (exact) mass is 549 g/mol. The van der Waals surface area contributed by atoms with Crippen LogP contribution in [0.4, 0.5) is 11.4 Å². The second-order valence-corrected chi connectivity index (χ2v) is 9.51. The largest absolute Gasteiger partial charge is 0.469 e. The summed E-state index contributed by atoms with van der Waals surface area (Å²) in [5.74, 6) is -0.935. The molecule has 2 aromatic carbocycles. The Morgan fingerprint density at radius 2 is 1.85 bits per heavy atom. The Morgan fingerprint density at radius 1 is 1.10 bits per heavy atom. The zero-order valence-electron chi connectivity index (χ0n) is 21.4. The van der Waals surface area contributed by atoms with Crippen LogP contribution in [0.1, 0.15) is 32.8 Å². The van der Waals surface area contributed by atoms with E-state index >= 15 is 0 Å². The van der Waals surface area contributed by atoms with Crippen molar-refractivity contribution in [3.05, 3.63) is 85.5 Å². The average Bonchev–Trinajstić information content (AvgIpc) is 3.51. The summed E-state index contributed by atoms with van der Waals surface area (Å²) in [6.45, 7) is 3.65. The van der Waals surface area contributed by atoms with Crippen molar-refractivity contribution in [1.82, 2.24) is 5.32 Å². The van der Waals surface area contributed by atoms with Crippen LogP contribution in [-0.2, 0) is 25.5 Å². The maximum Gasteiger partial charge on any atom is 0.338 e. The smallest absolute Gasteiger partial charge is 0.338 e. The van der Waals surface area contributed by atoms with Crippen LogP contribution in [-0.4, -0.2) is 42.2 Å². The van der Waals surface area contributed by atoms with Gasteiger partial charge in [0, 0.05) is 12.1 Å². The van der Waals surface area contributed by atoms with E-state index in [9.17, 15) is 24.5 Å². The molecule has 1 aromatic heterocycles. The van der Waals surface area contributed by atoms with Crippen molar-refractivity contribution in [2.24, 2.45) is 4.99 Å². The predicted molar refractivity (Wildman–Crippen MR) is 145 cm³/mol. The van der Waals surface area contributed by atoms with Gasteiger partial charge in [0.05, 0.1) is 47.3 Å². The van der Waals surface area contributed by atoms with Gasteiger partial charge in [0.15, 0.2) is 5.17 Å². The molecule has 0 saturated carbocycles. The van der Waals surface area contributed by atoms with Crippen molar-refractivity contribution < 1.29 is 33.2 Å². The van der Waals surface area contributed by atoms with Crippen molar-refractivity contribution in [2.45, 2.75) is 20.3 Å². The number of benzene rings is 2. The number of ether oxygens (including phenoxy) is 2. The van der Waals surface area contributed by atoms with Crippen LogP contribution in [0.3, 0.4) is 0 Å². The molecule has 0 bridgehead atoms. The van der Waals surface area contributed by atoms with Crippen molar-refractivity contribution in [1.29, 1.82) is 0 Å². The molecule has 1 saturated heterocycles. The molecule has 3 aromatic rings. The number of aliphatic imine (C=N–C) groups is 1. The van der Waals surface area contributed by atoms with Gasteiger partial charge in [-0.2, -0.15) is 0 Å². The molecule has 200 valence electrons. The molecule has 12 heteroatoms. The Balaban J connectivity index is 1.59. The summed E-state index contributed by atoms with van der Waals surface area (Å²) in [6.07, 6.45) is 1.39. The van der Waals surface area contributed by atoms with Crippen LogP contribution in [0.2, 0.25) is 0 Å². The highest BCUT2D eigenvalue weighted by atomic mass is 32.2. The first-order valence-electron chi connectivity index (χ1n) is 11.5. The van der Waals surface area contributed by atoms with Gasteiger partial charge in [0.2, 0.25) is 0 Å². The lowest BCUT2D eigenvalue weighted by atomic mass is 10.0. The van der Waals surface area contributed by atoms with Crippen LogP contribution in [0.15, 0.2) is 56.8 Å². The van der Waals surface area contributed by atoms with E-state index in [1.807, 2.05) is 6.92 Å². The third-order valence-corrected chi connectivity index (χ3v) is 6.83. The Morgan fingerprint density at radius 3 is 2.54 bits per heavy atom. The van der Waals surface area contributed by atoms with E-state index in [0.717, 1.165) is 22.9 Å². The number of aryl methyl sites for hydroxylation is 2. The van der Waals surface area contributed by atoms with Crippen molar-refractivity contribution >= 4 is 52.2 Å². The molecule has 0 radical (unpaired) electrons. The van der Waals surface area contributed by atoms with Gasteiger partial charge in [-0.05, 0) is 72.6 Å². The van der Waals surface area contributed by atoms with Gasteiger partial charge in [0.1, 0.15) is 11.5 Å². The number of furan rings is 1. The molecule has 0 spiro atoms. The fraction of sp³-hybridized carbons (Fsp3) is 0.185. The fourth-order valence-electron chi connectivity index (χ4n) is 3.77. The Labute approximate surface area is 227 Å². The van der Waals surface area contributed by atoms with Gasteiger partial charge in [-0.1, -0.05) is 6.07 Å². The highest BCUT2D eigenvalue weighted by Crippen LogP contribution is 2.35. The van der Waals surface area contributed by atoms with Crippen LogP contribution >= 0.6 is 11.8 Å². The maximum absolute atomic E-state index is 12.6. The van der Waals surface area contributed by atoms with Crippen LogP contribution < -0.4 is 5.32 Å². The summed E-state index contributed by atoms with van der Waals surface area (Å²) in [5.41, 5.74) is 2.87. The summed E-state index contributed by atoms with van der Waals surface area (Å²) in [6, 6.07) is 11.1. The van der Waals surface area contributed by atoms with Gasteiger partial charge in [-0.15, -0.1) is 0 Å². The number of hydrogen-bond acceptors (Lipinski definition) is 10. The molecule has 1 amide bonds. The summed E-state index contributed by atoms with van der Waals surface area (Å²) < 4.78 is 15.3. The Bertz CT molecular complexity index is 1570. The van der Waals surface area contributed by atoms with E-state index in [0.29, 0.717) is 33.2 Å². The highest BCUT2D eigenvalue weighted by molar-refractivity contribution is 8.18. The van der Waals surface area contributed by atoms with Gasteiger partial charge >= 0.3 is 11.9 Å². The van der Waals surface area contributed by atoms with E-state index in [4.69, 9.17) is 9.15 Å². The summed E-state index contributed by atoms with van der Waals surface area (Å²) in [5, 5.41) is 14.5. The standard InChI is InChI=1S/C27H23N3O8S/c1-14-9-20(21(30(34)35)10-15(14)2)22-8-7-18(38-22)13-23-25(32)29-27(39-23)28-17-6-5-16(11-24(31)36-3)19(12-17)26(33)37-4/h5-10,12-13H,11H2,1-4H3,(H,28,29,32)/b23-13-. The lowest BCUT2D eigenvalue weighted by molar-refractivity contribution is -0.384. The maximum atomic E-state index is 12.6. The van der Waals surface area contributed by atoms with Crippen molar-refractivity contribution in [2.75, 3.05) is 14.2 Å². The molecule has 1 aliphatic rings. The number of amides is 1. The van der Waals surface area contributed by atoms with Crippen LogP contribution in [0.5, 0.6) is 0 Å². The summed E-state index contributed by atoms with van der Waals surface area (Å²) in [4.78, 5) is 52.3. The van der Waals surface area contributed by atoms with Crippen molar-refractivity contribution in [3.8, 4) is 11.3 Å². The molecule has 39 heavy (non-hydrogen) atoms. The molecule has 11 nitrogen and oxygen atoms in total. The molecular weight excluding hydrogens is 526 g/mol. The number of carbonyl (C=O) groups is 3. The van der Waals surface area contributed by atoms with E-state index in [2.05, 4.69) is 15.0 Å².